The first kappa shape index (κ1) is 65.1. The van der Waals surface area contributed by atoms with Crippen molar-refractivity contribution in [3.63, 3.8) is 0 Å². The number of methoxy groups -OCH3 is 2. The Bertz CT molecular complexity index is 6010. The highest BCUT2D eigenvalue weighted by Crippen LogP contribution is 2.38. The van der Waals surface area contributed by atoms with Gasteiger partial charge < -0.3 is 20.1 Å². The number of nitrogens with one attached hydrogen (secondary N) is 2. The summed E-state index contributed by atoms with van der Waals surface area (Å²) >= 11 is 1.65. The summed E-state index contributed by atoms with van der Waals surface area (Å²) in [6, 6.07) is 45.1. The molecule has 18 rings (SSSR count). The second-order valence-electron chi connectivity index (χ2n) is 24.7. The fraction of sp³-hybridized carbons (Fsp3) is 0.138. The Morgan fingerprint density at radius 2 is 0.922 bits per heavy atom. The minimum Gasteiger partial charge on any atom is -0.465 e. The summed E-state index contributed by atoms with van der Waals surface area (Å²) in [7, 11) is 4.60. The number of halogens is 1. The van der Waals surface area contributed by atoms with Crippen LogP contribution >= 0.6 is 11.3 Å². The van der Waals surface area contributed by atoms with Gasteiger partial charge in [-0.2, -0.15) is 16.4 Å². The van der Waals surface area contributed by atoms with Gasteiger partial charge in [0.15, 0.2) is 11.6 Å². The third-order valence-corrected chi connectivity index (χ3v) is 18.4. The molecule has 2 aliphatic carbocycles. The zero-order chi connectivity index (χ0) is 70.1. The number of carbonyl (C=O) groups excluding carboxylic acids is 4. The maximum absolute atomic E-state index is 14.3. The molecule has 6 aromatic carbocycles. The zero-order valence-electron chi connectivity index (χ0n) is 55.7. The van der Waals surface area contributed by atoms with Crippen LogP contribution in [0.15, 0.2) is 206 Å². The van der Waals surface area contributed by atoms with Crippen LogP contribution in [-0.2, 0) is 16.5 Å². The number of benzene rings is 6. The molecule has 0 saturated heterocycles. The summed E-state index contributed by atoms with van der Waals surface area (Å²) in [5.74, 6) is 0.138. The molecule has 16 aromatic rings. The summed E-state index contributed by atoms with van der Waals surface area (Å²) in [4.78, 5) is 93.3. The van der Waals surface area contributed by atoms with Gasteiger partial charge in [0.25, 0.3) is 0 Å². The quantitative estimate of drug-likeness (QED) is 0.0654. The summed E-state index contributed by atoms with van der Waals surface area (Å²) in [6.07, 6.45) is 19.0. The van der Waals surface area contributed by atoms with Crippen molar-refractivity contribution in [2.45, 2.75) is 51.6 Å². The average molecular weight is 1370 g/mol. The van der Waals surface area contributed by atoms with E-state index in [1.165, 1.54) is 27.2 Å². The molecular weight excluding hydrogens is 1300 g/mol. The molecule has 0 spiro atoms. The third-order valence-electron chi connectivity index (χ3n) is 17.7. The summed E-state index contributed by atoms with van der Waals surface area (Å²) in [5, 5.41) is 24.4. The molecule has 10 aromatic heterocycles. The average Bonchev–Trinajstić information content (AvgIpc) is 1.81. The van der Waals surface area contributed by atoms with Crippen LogP contribution < -0.4 is 10.6 Å². The first-order valence-corrected chi connectivity index (χ1v) is 33.8. The molecule has 20 nitrogen and oxygen atoms in total. The van der Waals surface area contributed by atoms with Crippen LogP contribution in [0.3, 0.4) is 0 Å². The number of ether oxygens (including phenoxy) is 2. The van der Waals surface area contributed by atoms with Crippen LogP contribution in [0.4, 0.5) is 16.3 Å². The van der Waals surface area contributed by atoms with E-state index in [0.29, 0.717) is 79.7 Å². The Morgan fingerprint density at radius 1 is 0.461 bits per heavy atom. The number of hydrogen-bond donors (Lipinski definition) is 2. The lowest BCUT2D eigenvalue weighted by molar-refractivity contribution is 0.0592. The predicted molar refractivity (Wildman–Crippen MR) is 396 cm³/mol. The number of fused-ring (bicyclic) bond motifs is 12. The Balaban J connectivity index is 0.000000110. The number of nitrogens with zero attached hydrogens (tertiary/aromatic N) is 12. The molecule has 0 atom stereocenters. The van der Waals surface area contributed by atoms with Crippen molar-refractivity contribution in [2.75, 3.05) is 24.9 Å². The van der Waals surface area contributed by atoms with E-state index in [1.807, 2.05) is 116 Å². The van der Waals surface area contributed by atoms with E-state index >= 15 is 0 Å². The van der Waals surface area contributed by atoms with E-state index < -0.39 is 5.97 Å². The first-order chi connectivity index (χ1) is 49.7. The van der Waals surface area contributed by atoms with Crippen molar-refractivity contribution in [3.05, 3.63) is 234 Å². The SMILES string of the molecule is CC(=O)c1ccc2c(c1)nc(-c1ccccc1F)c1ccncc12.CC(=O)c1ccc2c(c1)nc(-c1ccsc1)c1ccncc12.COC(=O)c1ccc2c(c1)nc(-c1ccccc1)c1nc(NC3CC3)ncc12.COC(=O)c1ccc2c(c1)nc(-c1cnn(C)c1)c1nc(NC3CC3)ncc12. The van der Waals surface area contributed by atoms with E-state index in [9.17, 15) is 23.6 Å². The predicted octanol–water partition coefficient (Wildman–Crippen LogP) is 16.7. The Hall–Kier alpha value is -12.8. The van der Waals surface area contributed by atoms with Gasteiger partial charge in [0.2, 0.25) is 11.9 Å². The Kier molecular flexibility index (Phi) is 17.8. The lowest BCUT2D eigenvalue weighted by atomic mass is 10.00. The van der Waals surface area contributed by atoms with Crippen molar-refractivity contribution in [2.24, 2.45) is 7.05 Å². The van der Waals surface area contributed by atoms with Crippen LogP contribution in [0, 0.1) is 5.82 Å². The topological polar surface area (TPSA) is 258 Å². The van der Waals surface area contributed by atoms with Gasteiger partial charge in [-0.25, -0.2) is 53.9 Å². The molecule has 2 fully saturated rings. The van der Waals surface area contributed by atoms with Crippen molar-refractivity contribution in [1.29, 1.82) is 0 Å². The van der Waals surface area contributed by atoms with E-state index in [0.717, 1.165) is 124 Å². The highest BCUT2D eigenvalue weighted by molar-refractivity contribution is 7.08. The molecule has 102 heavy (non-hydrogen) atoms. The van der Waals surface area contributed by atoms with Crippen LogP contribution in [0.5, 0.6) is 0 Å². The zero-order valence-corrected chi connectivity index (χ0v) is 56.5. The standard InChI is InChI=1S/C22H18N4O2.C20H13FN2O.C20H18N6O2.C18H12N2OS/c1-28-21(27)14-7-10-16-17-12-23-22(24-15-8-9-15)26-20(17)19(25-18(16)11-14)13-5-3-2-4-6-13;1-12(24)13-6-7-14-17-11-22-9-8-15(17)20(23-19(14)10-13)16-4-2-3-5-18(16)21;1-26-10-12(8-22-26)17-18-15(9-21-20(25-18)23-13-4-5-13)14-6-3-11(19(27)28-2)7-16(14)24-17;1-11(21)12-2-3-14-16-9-19-6-4-15(16)18(20-17(14)8-12)13-5-7-22-10-13/h2-7,10-12,15H,8-9H2,1H3,(H,23,24,26);2-11H,1H3;3,6-10,13H,4-5H2,1-2H3,(H,21,23,25);2-10H,1H3. The number of rotatable bonds is 12. The maximum atomic E-state index is 14.3. The van der Waals surface area contributed by atoms with Gasteiger partial charge in [-0.15, -0.1) is 0 Å². The van der Waals surface area contributed by atoms with E-state index in [2.05, 4.69) is 52.1 Å². The number of hydrogen-bond acceptors (Lipinski definition) is 20. The smallest absolute Gasteiger partial charge is 0.337 e. The van der Waals surface area contributed by atoms with Gasteiger partial charge in [0.1, 0.15) is 22.5 Å². The van der Waals surface area contributed by atoms with Gasteiger partial charge in [-0.1, -0.05) is 78.9 Å². The fourth-order valence-corrected chi connectivity index (χ4v) is 12.8. The molecule has 10 heterocycles. The van der Waals surface area contributed by atoms with E-state index in [-0.39, 0.29) is 23.4 Å². The maximum Gasteiger partial charge on any atom is 0.337 e. The first-order valence-electron chi connectivity index (χ1n) is 32.8. The van der Waals surface area contributed by atoms with Gasteiger partial charge in [0, 0.05) is 155 Å². The van der Waals surface area contributed by atoms with Crippen molar-refractivity contribution in [3.8, 4) is 45.0 Å². The number of carbonyl (C=O) groups is 4. The summed E-state index contributed by atoms with van der Waals surface area (Å²) < 4.78 is 25.7. The molecule has 500 valence electrons. The number of thiophene rings is 1. The molecule has 0 unspecified atom stereocenters. The lowest BCUT2D eigenvalue weighted by Crippen LogP contribution is -2.06. The van der Waals surface area contributed by atoms with E-state index in [4.69, 9.17) is 34.4 Å². The normalized spacial score (nSPS) is 12.5. The minimum atomic E-state index is -0.396. The van der Waals surface area contributed by atoms with Crippen molar-refractivity contribution < 1.29 is 33.0 Å². The van der Waals surface area contributed by atoms with Crippen LogP contribution in [0.2, 0.25) is 0 Å². The van der Waals surface area contributed by atoms with Crippen LogP contribution in [0.1, 0.15) is 81.0 Å². The summed E-state index contributed by atoms with van der Waals surface area (Å²) in [6.45, 7) is 3.09. The number of pyridine rings is 6. The monoisotopic (exact) mass is 1360 g/mol. The molecule has 2 N–H and O–H groups in total. The lowest BCUT2D eigenvalue weighted by Gasteiger charge is -2.11. The fourth-order valence-electron chi connectivity index (χ4n) is 12.2. The Labute approximate surface area is 585 Å². The van der Waals surface area contributed by atoms with Crippen LogP contribution in [0.25, 0.3) is 132 Å². The highest BCUT2D eigenvalue weighted by atomic mass is 32.1. The molecular formula is C80H61FN14O6S. The van der Waals surface area contributed by atoms with E-state index in [1.54, 1.807) is 102 Å². The minimum absolute atomic E-state index is 0.0302. The number of aryl methyl sites for hydroxylation is 1. The Morgan fingerprint density at radius 3 is 1.39 bits per heavy atom. The summed E-state index contributed by atoms with van der Waals surface area (Å²) in [5.41, 5.74) is 12.9. The molecule has 22 heteroatoms. The molecule has 0 aliphatic heterocycles. The number of anilines is 2. The highest BCUT2D eigenvalue weighted by Gasteiger charge is 2.25. The van der Waals surface area contributed by atoms with Crippen molar-refractivity contribution >= 4 is 134 Å². The number of Topliss-reactive ketones (excluding diaryl/α,β-unsaturated/α-hetero) is 2. The molecule has 2 saturated carbocycles. The third kappa shape index (κ3) is 13.4. The van der Waals surface area contributed by atoms with Gasteiger partial charge in [-0.05, 0) is 112 Å². The van der Waals surface area contributed by atoms with Gasteiger partial charge >= 0.3 is 11.9 Å². The second kappa shape index (κ2) is 27.8. The largest absolute Gasteiger partial charge is 0.465 e. The molecule has 2 aliphatic rings. The number of esters is 2. The molecule has 0 bridgehead atoms. The van der Waals surface area contributed by atoms with Gasteiger partial charge in [0.05, 0.1) is 70.7 Å². The van der Waals surface area contributed by atoms with Crippen molar-refractivity contribution in [1.82, 2.24) is 59.6 Å². The van der Waals surface area contributed by atoms with Gasteiger partial charge in [-0.3, -0.25) is 24.2 Å². The van der Waals surface area contributed by atoms with Crippen LogP contribution in [-0.4, -0.2) is 109 Å². The molecule has 0 radical (unpaired) electrons. The second-order valence-corrected chi connectivity index (χ2v) is 25.5. The number of aromatic nitrogens is 12. The number of ketones is 2. The molecule has 0 amide bonds.